The van der Waals surface area contributed by atoms with Crippen molar-refractivity contribution in [2.24, 2.45) is 5.92 Å². The fourth-order valence-electron chi connectivity index (χ4n) is 6.35. The molecule has 0 heterocycles. The highest BCUT2D eigenvalue weighted by molar-refractivity contribution is 5.69. The summed E-state index contributed by atoms with van der Waals surface area (Å²) in [7, 11) is 0. The maximum Gasteiger partial charge on any atom is 0.508 e. The normalized spacial score (nSPS) is 11.6. The second-order valence-electron chi connectivity index (χ2n) is 14.8. The molecule has 0 atom stereocenters. The molecule has 48 heavy (non-hydrogen) atoms. The van der Waals surface area contributed by atoms with Crippen LogP contribution in [-0.2, 0) is 19.0 Å². The Hall–Kier alpha value is -1.30. The van der Waals surface area contributed by atoms with Crippen molar-refractivity contribution in [1.29, 1.82) is 0 Å². The number of nitrogens with zero attached hydrogens (tertiary/aromatic N) is 1. The summed E-state index contributed by atoms with van der Waals surface area (Å²) in [4.78, 5) is 27.0. The first-order chi connectivity index (χ1) is 23.4. The summed E-state index contributed by atoms with van der Waals surface area (Å²) in [6, 6.07) is 0. The van der Waals surface area contributed by atoms with Crippen molar-refractivity contribution in [2.45, 2.75) is 221 Å². The Labute approximate surface area is 299 Å². The van der Waals surface area contributed by atoms with E-state index in [-0.39, 0.29) is 12.1 Å². The number of hydrogen-bond acceptors (Lipinski definition) is 6. The Bertz CT molecular complexity index is 669. The van der Waals surface area contributed by atoms with Crippen LogP contribution < -0.4 is 0 Å². The minimum atomic E-state index is -0.517. The summed E-state index contributed by atoms with van der Waals surface area (Å²) in [5.74, 6) is 0.811. The molecule has 6 nitrogen and oxygen atoms in total. The summed E-state index contributed by atoms with van der Waals surface area (Å²) >= 11 is 0. The Morgan fingerprint density at radius 1 is 0.500 bits per heavy atom. The molecule has 0 spiro atoms. The fourth-order valence-corrected chi connectivity index (χ4v) is 6.35. The monoisotopic (exact) mass is 682 g/mol. The first-order valence-electron chi connectivity index (χ1n) is 21.1. The molecule has 0 unspecified atom stereocenters. The molecule has 6 heteroatoms. The third-order valence-electron chi connectivity index (χ3n) is 9.59. The lowest BCUT2D eigenvalue weighted by Crippen LogP contribution is -2.26. The van der Waals surface area contributed by atoms with Crippen LogP contribution in [0.1, 0.15) is 214 Å². The molecule has 0 N–H and O–H groups in total. The summed E-state index contributed by atoms with van der Waals surface area (Å²) in [6.45, 7) is 15.4. The average Bonchev–Trinajstić information content (AvgIpc) is 3.07. The third-order valence-corrected chi connectivity index (χ3v) is 9.59. The smallest absolute Gasteiger partial charge is 0.462 e. The van der Waals surface area contributed by atoms with Gasteiger partial charge >= 0.3 is 12.1 Å². The standard InChI is InChI=1S/C42H83NO5/c1-6-9-11-13-18-24-32-40(33-25-19-14-12-10-7-2)48-41(44)34-26-20-15-21-27-35-43(8-3)36-28-30-38-47-42(45)46-37-29-22-16-17-23-31-39(4)5/h39-40H,6-38H2,1-5H3. The first-order valence-corrected chi connectivity index (χ1v) is 21.1. The van der Waals surface area contributed by atoms with Gasteiger partial charge in [0.2, 0.25) is 0 Å². The molecule has 0 radical (unpaired) electrons. The van der Waals surface area contributed by atoms with Gasteiger partial charge in [-0.25, -0.2) is 4.79 Å². The Balaban J connectivity index is 3.89. The highest BCUT2D eigenvalue weighted by Crippen LogP contribution is 2.18. The molecule has 0 aromatic carbocycles. The van der Waals surface area contributed by atoms with Crippen LogP contribution in [-0.4, -0.2) is 56.0 Å². The maximum absolute atomic E-state index is 12.7. The van der Waals surface area contributed by atoms with Crippen LogP contribution >= 0.6 is 0 Å². The zero-order valence-corrected chi connectivity index (χ0v) is 33.0. The largest absolute Gasteiger partial charge is 0.508 e. The molecule has 0 bridgehead atoms. The summed E-state index contributed by atoms with van der Waals surface area (Å²) in [5, 5.41) is 0. The van der Waals surface area contributed by atoms with Crippen molar-refractivity contribution < 1.29 is 23.8 Å². The van der Waals surface area contributed by atoms with E-state index in [0.29, 0.717) is 19.6 Å². The van der Waals surface area contributed by atoms with Crippen molar-refractivity contribution in [2.75, 3.05) is 32.8 Å². The minimum Gasteiger partial charge on any atom is -0.462 e. The number of unbranched alkanes of at least 4 members (excludes halogenated alkanes) is 19. The van der Waals surface area contributed by atoms with Gasteiger partial charge in [0, 0.05) is 6.42 Å². The summed E-state index contributed by atoms with van der Waals surface area (Å²) in [6.07, 6.45) is 32.4. The molecule has 0 fully saturated rings. The van der Waals surface area contributed by atoms with E-state index in [1.54, 1.807) is 0 Å². The number of ether oxygens (including phenoxy) is 3. The molecule has 0 saturated carbocycles. The van der Waals surface area contributed by atoms with Crippen molar-refractivity contribution in [3.63, 3.8) is 0 Å². The van der Waals surface area contributed by atoms with Crippen molar-refractivity contribution >= 4 is 12.1 Å². The van der Waals surface area contributed by atoms with E-state index in [4.69, 9.17) is 14.2 Å². The van der Waals surface area contributed by atoms with Crippen LogP contribution in [0.5, 0.6) is 0 Å². The predicted molar refractivity (Wildman–Crippen MR) is 205 cm³/mol. The highest BCUT2D eigenvalue weighted by atomic mass is 16.7. The van der Waals surface area contributed by atoms with E-state index in [9.17, 15) is 9.59 Å². The maximum atomic E-state index is 12.7. The lowest BCUT2D eigenvalue weighted by Gasteiger charge is -2.20. The average molecular weight is 682 g/mol. The van der Waals surface area contributed by atoms with Gasteiger partial charge in [0.25, 0.3) is 0 Å². The SMILES string of the molecule is CCCCCCCCC(CCCCCCCC)OC(=O)CCCCCCCN(CC)CCCCOC(=O)OCCCCCCCC(C)C. The number of carbonyl (C=O) groups is 2. The van der Waals surface area contributed by atoms with Gasteiger partial charge in [-0.05, 0) is 83.3 Å². The topological polar surface area (TPSA) is 65.1 Å². The van der Waals surface area contributed by atoms with Gasteiger partial charge in [-0.15, -0.1) is 0 Å². The van der Waals surface area contributed by atoms with Crippen LogP contribution in [0.2, 0.25) is 0 Å². The summed E-state index contributed by atoms with van der Waals surface area (Å²) in [5.41, 5.74) is 0. The van der Waals surface area contributed by atoms with E-state index in [1.165, 1.54) is 122 Å². The quantitative estimate of drug-likeness (QED) is 0.0480. The molecule has 0 saturated heterocycles. The summed E-state index contributed by atoms with van der Waals surface area (Å²) < 4.78 is 16.5. The van der Waals surface area contributed by atoms with E-state index in [2.05, 4.69) is 39.5 Å². The molecule has 0 aliphatic carbocycles. The molecule has 0 aliphatic heterocycles. The minimum absolute atomic E-state index is 0.0225. The van der Waals surface area contributed by atoms with Crippen LogP contribution in [0.15, 0.2) is 0 Å². The van der Waals surface area contributed by atoms with E-state index >= 15 is 0 Å². The zero-order chi connectivity index (χ0) is 35.3. The first kappa shape index (κ1) is 46.7. The molecular weight excluding hydrogens is 598 g/mol. The molecule has 0 amide bonds. The number of carbonyl (C=O) groups excluding carboxylic acids is 2. The molecular formula is C42H83NO5. The number of hydrogen-bond donors (Lipinski definition) is 0. The lowest BCUT2D eigenvalue weighted by atomic mass is 10.0. The van der Waals surface area contributed by atoms with Gasteiger partial charge < -0.3 is 19.1 Å². The Kier molecular flexibility index (Phi) is 36.0. The molecule has 0 aromatic rings. The van der Waals surface area contributed by atoms with Gasteiger partial charge in [0.1, 0.15) is 6.10 Å². The lowest BCUT2D eigenvalue weighted by molar-refractivity contribution is -0.150. The van der Waals surface area contributed by atoms with Gasteiger partial charge in [-0.3, -0.25) is 4.79 Å². The highest BCUT2D eigenvalue weighted by Gasteiger charge is 2.14. The zero-order valence-electron chi connectivity index (χ0n) is 33.0. The van der Waals surface area contributed by atoms with Crippen LogP contribution in [0.25, 0.3) is 0 Å². The van der Waals surface area contributed by atoms with Crippen molar-refractivity contribution in [1.82, 2.24) is 4.90 Å². The van der Waals surface area contributed by atoms with Gasteiger partial charge in [-0.1, -0.05) is 150 Å². The van der Waals surface area contributed by atoms with Gasteiger partial charge in [0.05, 0.1) is 13.2 Å². The van der Waals surface area contributed by atoms with Gasteiger partial charge in [-0.2, -0.15) is 0 Å². The van der Waals surface area contributed by atoms with Crippen LogP contribution in [0.3, 0.4) is 0 Å². The molecule has 0 aliphatic rings. The van der Waals surface area contributed by atoms with E-state index in [0.717, 1.165) is 76.9 Å². The second kappa shape index (κ2) is 37.0. The Morgan fingerprint density at radius 3 is 1.44 bits per heavy atom. The van der Waals surface area contributed by atoms with E-state index in [1.807, 2.05) is 0 Å². The molecule has 286 valence electrons. The van der Waals surface area contributed by atoms with E-state index < -0.39 is 6.16 Å². The van der Waals surface area contributed by atoms with Gasteiger partial charge in [0.15, 0.2) is 0 Å². The van der Waals surface area contributed by atoms with Crippen LogP contribution in [0.4, 0.5) is 4.79 Å². The third kappa shape index (κ3) is 34.6. The molecule has 0 rings (SSSR count). The van der Waals surface area contributed by atoms with Crippen molar-refractivity contribution in [3.8, 4) is 0 Å². The Morgan fingerprint density at radius 2 is 0.917 bits per heavy atom. The van der Waals surface area contributed by atoms with Crippen LogP contribution in [0, 0.1) is 5.92 Å². The molecule has 0 aromatic heterocycles. The number of esters is 1. The van der Waals surface area contributed by atoms with Crippen molar-refractivity contribution in [3.05, 3.63) is 0 Å². The second-order valence-corrected chi connectivity index (χ2v) is 14.8. The predicted octanol–water partition coefficient (Wildman–Crippen LogP) is 13.0. The number of rotatable bonds is 37. The fraction of sp³-hybridized carbons (Fsp3) is 0.952.